The van der Waals surface area contributed by atoms with Gasteiger partial charge in [-0.2, -0.15) is 16.9 Å². The molecule has 1 heterocycles. The van der Waals surface area contributed by atoms with Crippen molar-refractivity contribution in [2.75, 3.05) is 5.75 Å². The van der Waals surface area contributed by atoms with Gasteiger partial charge >= 0.3 is 0 Å². The van der Waals surface area contributed by atoms with E-state index < -0.39 is 0 Å². The van der Waals surface area contributed by atoms with Crippen LogP contribution in [0.15, 0.2) is 42.6 Å². The number of ketones is 1. The van der Waals surface area contributed by atoms with Crippen LogP contribution < -0.4 is 0 Å². The third-order valence-electron chi connectivity index (χ3n) is 3.93. The number of hydrogen-bond donors (Lipinski definition) is 0. The fourth-order valence-electron chi connectivity index (χ4n) is 2.79. The molecule has 0 saturated heterocycles. The number of nitrogens with zero attached hydrogens (tertiary/aromatic N) is 2. The van der Waals surface area contributed by atoms with E-state index in [2.05, 4.69) is 5.10 Å². The van der Waals surface area contributed by atoms with E-state index in [1.54, 1.807) is 10.9 Å². The Labute approximate surface area is 129 Å². The zero-order valence-electron chi connectivity index (χ0n) is 12.1. The Hall–Kier alpha value is -1.55. The van der Waals surface area contributed by atoms with Crippen LogP contribution in [0.3, 0.4) is 0 Å². The molecule has 21 heavy (non-hydrogen) atoms. The van der Waals surface area contributed by atoms with Gasteiger partial charge in [0.2, 0.25) is 0 Å². The molecule has 1 aliphatic carbocycles. The van der Waals surface area contributed by atoms with E-state index in [9.17, 15) is 4.79 Å². The molecule has 1 saturated carbocycles. The summed E-state index contributed by atoms with van der Waals surface area (Å²) in [4.78, 5) is 12.5. The van der Waals surface area contributed by atoms with E-state index in [1.165, 1.54) is 32.1 Å². The molecule has 0 N–H and O–H groups in total. The second kappa shape index (κ2) is 6.94. The highest BCUT2D eigenvalue weighted by atomic mass is 32.2. The normalized spacial score (nSPS) is 16.0. The average molecular weight is 300 g/mol. The van der Waals surface area contributed by atoms with E-state index >= 15 is 0 Å². The lowest BCUT2D eigenvalue weighted by atomic mass is 10.0. The molecule has 1 aromatic heterocycles. The first kappa shape index (κ1) is 14.4. The summed E-state index contributed by atoms with van der Waals surface area (Å²) in [6, 6.07) is 11.6. The standard InChI is InChI=1S/C17H20N2OS/c20-17(13-21-15-9-5-2-6-10-15)16-11-12-18-19(16)14-7-3-1-4-8-14/h1,3-4,7-8,11-12,15H,2,5-6,9-10,13H2. The number of benzene rings is 1. The third kappa shape index (κ3) is 3.56. The number of aromatic nitrogens is 2. The predicted molar refractivity (Wildman–Crippen MR) is 87.2 cm³/mol. The molecule has 110 valence electrons. The number of rotatable bonds is 5. The van der Waals surface area contributed by atoms with Crippen LogP contribution in [0.2, 0.25) is 0 Å². The molecule has 0 radical (unpaired) electrons. The van der Waals surface area contributed by atoms with Crippen molar-refractivity contribution in [1.82, 2.24) is 9.78 Å². The number of para-hydroxylation sites is 1. The van der Waals surface area contributed by atoms with Crippen molar-refractivity contribution in [3.8, 4) is 5.69 Å². The van der Waals surface area contributed by atoms with Crippen molar-refractivity contribution >= 4 is 17.5 Å². The summed E-state index contributed by atoms with van der Waals surface area (Å²) in [5.74, 6) is 0.732. The van der Waals surface area contributed by atoms with Crippen LogP contribution in [0.4, 0.5) is 0 Å². The molecule has 0 bridgehead atoms. The molecular weight excluding hydrogens is 280 g/mol. The molecule has 0 amide bonds. The molecule has 0 atom stereocenters. The van der Waals surface area contributed by atoms with Crippen LogP contribution in [0.25, 0.3) is 5.69 Å². The fraction of sp³-hybridized carbons (Fsp3) is 0.412. The predicted octanol–water partition coefficient (Wildman–Crippen LogP) is 4.12. The number of carbonyl (C=O) groups excluding carboxylic acids is 1. The monoisotopic (exact) mass is 300 g/mol. The van der Waals surface area contributed by atoms with Gasteiger partial charge in [0.05, 0.1) is 17.6 Å². The number of carbonyl (C=O) groups is 1. The lowest BCUT2D eigenvalue weighted by Crippen LogP contribution is -2.15. The van der Waals surface area contributed by atoms with Crippen molar-refractivity contribution in [3.05, 3.63) is 48.3 Å². The van der Waals surface area contributed by atoms with Crippen molar-refractivity contribution < 1.29 is 4.79 Å². The lowest BCUT2D eigenvalue weighted by molar-refractivity contribution is 0.101. The molecule has 1 aliphatic rings. The Bertz CT molecular complexity index is 588. The first-order valence-electron chi connectivity index (χ1n) is 7.59. The molecular formula is C17H20N2OS. The van der Waals surface area contributed by atoms with E-state index in [0.29, 0.717) is 16.7 Å². The first-order valence-corrected chi connectivity index (χ1v) is 8.64. The fourth-order valence-corrected chi connectivity index (χ4v) is 3.99. The largest absolute Gasteiger partial charge is 0.292 e. The topological polar surface area (TPSA) is 34.9 Å². The Kier molecular flexibility index (Phi) is 4.76. The molecule has 0 spiro atoms. The quantitative estimate of drug-likeness (QED) is 0.779. The summed E-state index contributed by atoms with van der Waals surface area (Å²) in [6.45, 7) is 0. The van der Waals surface area contributed by atoms with Crippen LogP contribution in [-0.4, -0.2) is 26.6 Å². The summed E-state index contributed by atoms with van der Waals surface area (Å²) >= 11 is 1.82. The molecule has 0 unspecified atom stereocenters. The van der Waals surface area contributed by atoms with Gasteiger partial charge in [-0.15, -0.1) is 0 Å². The van der Waals surface area contributed by atoms with E-state index in [-0.39, 0.29) is 5.78 Å². The van der Waals surface area contributed by atoms with E-state index in [4.69, 9.17) is 0 Å². The maximum atomic E-state index is 12.5. The van der Waals surface area contributed by atoms with Crippen LogP contribution in [0, 0.1) is 0 Å². The summed E-state index contributed by atoms with van der Waals surface area (Å²) in [5, 5.41) is 4.95. The van der Waals surface area contributed by atoms with Crippen LogP contribution in [0.5, 0.6) is 0 Å². The molecule has 1 fully saturated rings. The Morgan fingerprint density at radius 2 is 1.90 bits per heavy atom. The van der Waals surface area contributed by atoms with Gasteiger partial charge in [-0.1, -0.05) is 37.5 Å². The maximum Gasteiger partial charge on any atom is 0.191 e. The van der Waals surface area contributed by atoms with Crippen molar-refractivity contribution in [1.29, 1.82) is 0 Å². The van der Waals surface area contributed by atoms with Gasteiger partial charge < -0.3 is 0 Å². The summed E-state index contributed by atoms with van der Waals surface area (Å²) < 4.78 is 1.74. The minimum atomic E-state index is 0.173. The molecule has 1 aromatic carbocycles. The minimum Gasteiger partial charge on any atom is -0.292 e. The molecule has 0 aliphatic heterocycles. The Morgan fingerprint density at radius 1 is 1.14 bits per heavy atom. The van der Waals surface area contributed by atoms with Gasteiger partial charge in [-0.3, -0.25) is 4.79 Å². The minimum absolute atomic E-state index is 0.173. The van der Waals surface area contributed by atoms with Gasteiger partial charge in [-0.05, 0) is 31.0 Å². The van der Waals surface area contributed by atoms with Gasteiger partial charge in [-0.25, -0.2) is 4.68 Å². The van der Waals surface area contributed by atoms with Gasteiger partial charge in [0, 0.05) is 5.25 Å². The third-order valence-corrected chi connectivity index (χ3v) is 5.30. The summed E-state index contributed by atoms with van der Waals surface area (Å²) in [5.41, 5.74) is 1.62. The number of Topliss-reactive ketones (excluding diaryl/α,β-unsaturated/α-hetero) is 1. The Balaban J connectivity index is 1.66. The second-order valence-electron chi connectivity index (χ2n) is 5.46. The van der Waals surface area contributed by atoms with E-state index in [0.717, 1.165) is 5.69 Å². The second-order valence-corrected chi connectivity index (χ2v) is 6.75. The highest BCUT2D eigenvalue weighted by Gasteiger charge is 2.18. The smallest absolute Gasteiger partial charge is 0.191 e. The number of hydrogen-bond acceptors (Lipinski definition) is 3. The molecule has 2 aromatic rings. The van der Waals surface area contributed by atoms with Crippen molar-refractivity contribution in [2.24, 2.45) is 0 Å². The Morgan fingerprint density at radius 3 is 2.67 bits per heavy atom. The summed E-state index contributed by atoms with van der Waals surface area (Å²) in [6.07, 6.45) is 8.20. The van der Waals surface area contributed by atoms with Crippen molar-refractivity contribution in [3.63, 3.8) is 0 Å². The highest BCUT2D eigenvalue weighted by molar-refractivity contribution is 8.00. The number of thioether (sulfide) groups is 1. The molecule has 4 heteroatoms. The summed E-state index contributed by atoms with van der Waals surface area (Å²) in [7, 11) is 0. The van der Waals surface area contributed by atoms with Gasteiger partial charge in [0.15, 0.2) is 5.78 Å². The van der Waals surface area contributed by atoms with Crippen LogP contribution >= 0.6 is 11.8 Å². The van der Waals surface area contributed by atoms with Gasteiger partial charge in [0.1, 0.15) is 5.69 Å². The lowest BCUT2D eigenvalue weighted by Gasteiger charge is -2.20. The van der Waals surface area contributed by atoms with Crippen LogP contribution in [0.1, 0.15) is 42.6 Å². The highest BCUT2D eigenvalue weighted by Crippen LogP contribution is 2.28. The zero-order chi connectivity index (χ0) is 14.5. The SMILES string of the molecule is O=C(CSC1CCCCC1)c1ccnn1-c1ccccc1. The van der Waals surface area contributed by atoms with Crippen LogP contribution in [-0.2, 0) is 0 Å². The average Bonchev–Trinajstić information content (AvgIpc) is 3.04. The zero-order valence-corrected chi connectivity index (χ0v) is 12.9. The molecule has 3 nitrogen and oxygen atoms in total. The molecule has 3 rings (SSSR count). The maximum absolute atomic E-state index is 12.5. The first-order chi connectivity index (χ1) is 10.3. The van der Waals surface area contributed by atoms with E-state index in [1.807, 2.05) is 48.2 Å². The van der Waals surface area contributed by atoms with Crippen molar-refractivity contribution in [2.45, 2.75) is 37.4 Å². The van der Waals surface area contributed by atoms with Gasteiger partial charge in [0.25, 0.3) is 0 Å².